The number of hydrogen-bond donors (Lipinski definition) is 0. The van der Waals surface area contributed by atoms with Gasteiger partial charge in [0.1, 0.15) is 0 Å². The fourth-order valence-corrected chi connectivity index (χ4v) is 3.11. The van der Waals surface area contributed by atoms with Crippen molar-refractivity contribution >= 4 is 38.4 Å². The van der Waals surface area contributed by atoms with Gasteiger partial charge in [0.2, 0.25) is 0 Å². The van der Waals surface area contributed by atoms with Gasteiger partial charge >= 0.3 is 31.4 Å². The van der Waals surface area contributed by atoms with Crippen LogP contribution < -0.4 is 0 Å². The lowest BCUT2D eigenvalue weighted by atomic mass is 11.5. The van der Waals surface area contributed by atoms with Gasteiger partial charge in [-0.2, -0.15) is 26.3 Å². The summed E-state index contributed by atoms with van der Waals surface area (Å²) >= 11 is -4.33. The van der Waals surface area contributed by atoms with Crippen LogP contribution in [0.15, 0.2) is 0 Å². The quantitative estimate of drug-likeness (QED) is 0.374. The highest BCUT2D eigenvalue weighted by Gasteiger charge is 2.50. The minimum Gasteiger partial charge on any atom is -0.160 e. The summed E-state index contributed by atoms with van der Waals surface area (Å²) < 4.78 is 103. The molecule has 0 aliphatic rings. The molecule has 0 radical (unpaired) electrons. The van der Waals surface area contributed by atoms with Crippen LogP contribution in [0.1, 0.15) is 0 Å². The molecule has 12 heteroatoms. The van der Waals surface area contributed by atoms with Gasteiger partial charge in [0.05, 0.1) is 23.5 Å². The summed E-state index contributed by atoms with van der Waals surface area (Å²) in [6, 6.07) is 0. The Hall–Kier alpha value is 0.160. The Kier molecular flexibility index (Phi) is 5.26. The van der Waals surface area contributed by atoms with E-state index in [4.69, 9.17) is 0 Å². The van der Waals surface area contributed by atoms with Crippen LogP contribution in [-0.2, 0) is 11.4 Å². The number of rotatable bonds is 0. The predicted molar refractivity (Wildman–Crippen MR) is 45.7 cm³/mol. The summed E-state index contributed by atoms with van der Waals surface area (Å²) in [5.74, 6) is 0. The van der Waals surface area contributed by atoms with Gasteiger partial charge in [-0.05, 0) is 0 Å². The molecular formula is C4F9S3+. The van der Waals surface area contributed by atoms with Crippen LogP contribution in [0.4, 0.5) is 39.5 Å². The Labute approximate surface area is 94.9 Å². The van der Waals surface area contributed by atoms with Crippen LogP contribution >= 0.6 is 23.5 Å². The van der Waals surface area contributed by atoms with Crippen LogP contribution in [0.25, 0.3) is 0 Å². The molecule has 0 aliphatic heterocycles. The fraction of sp³-hybridized carbons (Fsp3) is 0.750. The van der Waals surface area contributed by atoms with Gasteiger partial charge in [0.15, 0.2) is 0 Å². The van der Waals surface area contributed by atoms with Crippen molar-refractivity contribution < 1.29 is 39.5 Å². The molecule has 0 aromatic rings. The van der Waals surface area contributed by atoms with E-state index >= 15 is 0 Å². The van der Waals surface area contributed by atoms with E-state index in [9.17, 15) is 39.5 Å². The maximum absolute atomic E-state index is 11.6. The molecular weight excluding hydrogens is 315 g/mol. The summed E-state index contributed by atoms with van der Waals surface area (Å²) in [6.45, 7) is 0. The van der Waals surface area contributed by atoms with Crippen LogP contribution in [0, 0.1) is 0 Å². The first-order chi connectivity index (χ1) is 6.79. The zero-order chi connectivity index (χ0) is 13.2. The molecule has 0 heterocycles. The number of thioether (sulfide) groups is 2. The lowest BCUT2D eigenvalue weighted by molar-refractivity contribution is -0.0322. The Bertz CT molecular complexity index is 239. The first kappa shape index (κ1) is 16.2. The van der Waals surface area contributed by atoms with Crippen molar-refractivity contribution in [2.45, 2.75) is 16.5 Å². The molecule has 0 saturated heterocycles. The highest BCUT2D eigenvalue weighted by molar-refractivity contribution is 8.47. The Morgan fingerprint density at radius 3 is 1.19 bits per heavy atom. The second-order valence-corrected chi connectivity index (χ2v) is 5.89. The molecule has 0 fully saturated rings. The third-order valence-corrected chi connectivity index (χ3v) is 3.29. The maximum atomic E-state index is 11.6. The second-order valence-electron chi connectivity index (χ2n) is 1.89. The number of hydrogen-bond acceptors (Lipinski definition) is 2. The monoisotopic (exact) mass is 315 g/mol. The van der Waals surface area contributed by atoms with Crippen molar-refractivity contribution in [2.24, 2.45) is 0 Å². The van der Waals surface area contributed by atoms with E-state index in [2.05, 4.69) is 0 Å². The third kappa shape index (κ3) is 10.7. The zero-order valence-electron chi connectivity index (χ0n) is 6.63. The molecule has 0 aromatic carbocycles. The van der Waals surface area contributed by atoms with E-state index in [0.717, 1.165) is 0 Å². The summed E-state index contributed by atoms with van der Waals surface area (Å²) in [7, 11) is 0. The van der Waals surface area contributed by atoms with Crippen molar-refractivity contribution in [1.82, 2.24) is 0 Å². The SMILES string of the molecule is FC(F)(F)SC(SC(F)(F)F)=[S+]C(F)(F)F. The fourth-order valence-electron chi connectivity index (χ4n) is 0.346. The van der Waals surface area contributed by atoms with Gasteiger partial charge in [-0.25, -0.2) is 0 Å². The predicted octanol–water partition coefficient (Wildman–Crippen LogP) is 4.18. The second kappa shape index (κ2) is 5.21. The van der Waals surface area contributed by atoms with Crippen LogP contribution in [0.2, 0.25) is 0 Å². The van der Waals surface area contributed by atoms with Crippen molar-refractivity contribution in [3.63, 3.8) is 0 Å². The minimum atomic E-state index is -5.20. The van der Waals surface area contributed by atoms with Gasteiger partial charge in [-0.3, -0.25) is 0 Å². The average Bonchev–Trinajstić information content (AvgIpc) is 1.70. The lowest BCUT2D eigenvalue weighted by Crippen LogP contribution is -2.15. The maximum Gasteiger partial charge on any atom is 0.649 e. The zero-order valence-corrected chi connectivity index (χ0v) is 9.08. The summed E-state index contributed by atoms with van der Waals surface area (Å²) in [5.41, 5.74) is -15.6. The van der Waals surface area contributed by atoms with Crippen molar-refractivity contribution in [2.75, 3.05) is 0 Å². The molecule has 0 bridgehead atoms. The third-order valence-electron chi connectivity index (χ3n) is 0.597. The Morgan fingerprint density at radius 1 is 0.688 bits per heavy atom. The average molecular weight is 315 g/mol. The van der Waals surface area contributed by atoms with Crippen LogP contribution in [-0.4, -0.2) is 20.1 Å². The molecule has 96 valence electrons. The van der Waals surface area contributed by atoms with E-state index in [1.165, 1.54) is 0 Å². The Morgan fingerprint density at radius 2 is 1.00 bits per heavy atom. The molecule has 0 atom stereocenters. The van der Waals surface area contributed by atoms with Crippen molar-refractivity contribution in [1.29, 1.82) is 0 Å². The normalized spacial score (nSPS) is 13.8. The van der Waals surface area contributed by atoms with Gasteiger partial charge in [0.25, 0.3) is 0 Å². The minimum absolute atomic E-state index is 1.44. The largest absolute Gasteiger partial charge is 0.649 e. The van der Waals surface area contributed by atoms with Gasteiger partial charge in [-0.1, -0.05) is 0 Å². The van der Waals surface area contributed by atoms with Crippen molar-refractivity contribution in [3.05, 3.63) is 0 Å². The van der Waals surface area contributed by atoms with Crippen LogP contribution in [0.5, 0.6) is 0 Å². The summed E-state index contributed by atoms with van der Waals surface area (Å²) in [6.07, 6.45) is 0. The molecule has 0 rings (SSSR count). The highest BCUT2D eigenvalue weighted by atomic mass is 32.2. The van der Waals surface area contributed by atoms with E-state index in [-0.39, 0.29) is 0 Å². The molecule has 16 heavy (non-hydrogen) atoms. The smallest absolute Gasteiger partial charge is 0.160 e. The standard InChI is InChI=1S/C4F9S3/c5-2(6,7)14-1(15-3(8,9)10)16-4(11,12)13/q+1. The first-order valence-electron chi connectivity index (χ1n) is 2.93. The molecule has 0 nitrogen and oxygen atoms in total. The lowest BCUT2D eigenvalue weighted by Gasteiger charge is -2.04. The highest BCUT2D eigenvalue weighted by Crippen LogP contribution is 2.42. The number of halogens is 9. The number of alkyl halides is 9. The van der Waals surface area contributed by atoms with E-state index < -0.39 is 54.9 Å². The molecule has 0 aromatic heterocycles. The molecule has 0 spiro atoms. The Balaban J connectivity index is 4.87. The van der Waals surface area contributed by atoms with Gasteiger partial charge < -0.3 is 0 Å². The first-order valence-corrected chi connectivity index (χ1v) is 5.38. The topological polar surface area (TPSA) is 0 Å². The van der Waals surface area contributed by atoms with Crippen molar-refractivity contribution in [3.8, 4) is 0 Å². The van der Waals surface area contributed by atoms with Gasteiger partial charge in [-0.15, -0.1) is 13.2 Å². The summed E-state index contributed by atoms with van der Waals surface area (Å²) in [4.78, 5) is 0. The van der Waals surface area contributed by atoms with Crippen LogP contribution in [0.3, 0.4) is 0 Å². The molecule has 0 aliphatic carbocycles. The summed E-state index contributed by atoms with van der Waals surface area (Å²) in [5, 5.41) is 0. The molecule has 0 N–H and O–H groups in total. The van der Waals surface area contributed by atoms with E-state index in [1.807, 2.05) is 0 Å². The molecule has 0 unspecified atom stereocenters. The molecule has 0 saturated carbocycles. The van der Waals surface area contributed by atoms with E-state index in [0.29, 0.717) is 0 Å². The van der Waals surface area contributed by atoms with E-state index in [1.54, 1.807) is 0 Å². The van der Waals surface area contributed by atoms with Gasteiger partial charge in [0, 0.05) is 0 Å². The molecule has 0 amide bonds.